The molecule has 1 N–H and O–H groups in total. The van der Waals surface area contributed by atoms with Crippen molar-refractivity contribution in [2.75, 3.05) is 20.3 Å². The molecule has 5 nitrogen and oxygen atoms in total. The Bertz CT molecular complexity index is 313. The predicted octanol–water partition coefficient (Wildman–Crippen LogP) is 0.724. The highest BCUT2D eigenvalue weighted by Crippen LogP contribution is 2.25. The van der Waals surface area contributed by atoms with E-state index >= 15 is 0 Å². The van der Waals surface area contributed by atoms with Gasteiger partial charge in [-0.05, 0) is 19.9 Å². The molecule has 2 rings (SSSR count). The Morgan fingerprint density at radius 2 is 2.47 bits per heavy atom. The zero-order valence-electron chi connectivity index (χ0n) is 9.19. The van der Waals surface area contributed by atoms with Gasteiger partial charge in [-0.1, -0.05) is 5.16 Å². The third-order valence-electron chi connectivity index (χ3n) is 2.86. The summed E-state index contributed by atoms with van der Waals surface area (Å²) in [5.74, 6) is 1.87. The normalized spacial score (nSPS) is 26.0. The van der Waals surface area contributed by atoms with Gasteiger partial charge in [-0.3, -0.25) is 0 Å². The molecule has 5 heteroatoms. The second-order valence-corrected chi connectivity index (χ2v) is 3.93. The van der Waals surface area contributed by atoms with Crippen molar-refractivity contribution in [1.29, 1.82) is 0 Å². The standard InChI is InChI=1S/C10H17N3O2/c1-7-8(3-5-11-7)10-12-9(13-15-10)4-6-14-2/h7-8,11H,3-6H2,1-2H3. The van der Waals surface area contributed by atoms with Gasteiger partial charge >= 0.3 is 0 Å². The monoisotopic (exact) mass is 211 g/mol. The minimum atomic E-state index is 0.369. The average Bonchev–Trinajstić information content (AvgIpc) is 2.83. The summed E-state index contributed by atoms with van der Waals surface area (Å²) in [5.41, 5.74) is 0. The molecule has 0 spiro atoms. The summed E-state index contributed by atoms with van der Waals surface area (Å²) in [5, 5.41) is 7.31. The van der Waals surface area contributed by atoms with Gasteiger partial charge < -0.3 is 14.6 Å². The van der Waals surface area contributed by atoms with Gasteiger partial charge in [0.15, 0.2) is 5.82 Å². The summed E-state index contributed by atoms with van der Waals surface area (Å²) < 4.78 is 10.2. The van der Waals surface area contributed by atoms with Gasteiger partial charge in [0.1, 0.15) is 0 Å². The van der Waals surface area contributed by atoms with Gasteiger partial charge in [-0.2, -0.15) is 4.98 Å². The third-order valence-corrected chi connectivity index (χ3v) is 2.86. The van der Waals surface area contributed by atoms with E-state index in [-0.39, 0.29) is 0 Å². The van der Waals surface area contributed by atoms with E-state index in [9.17, 15) is 0 Å². The lowest BCUT2D eigenvalue weighted by atomic mass is 10.0. The van der Waals surface area contributed by atoms with Crippen LogP contribution in [0.1, 0.15) is 31.0 Å². The molecule has 0 bridgehead atoms. The SMILES string of the molecule is COCCc1noc(C2CCNC2C)n1. The number of rotatable bonds is 4. The Morgan fingerprint density at radius 1 is 1.60 bits per heavy atom. The fourth-order valence-corrected chi connectivity index (χ4v) is 1.91. The Morgan fingerprint density at radius 3 is 3.13 bits per heavy atom. The van der Waals surface area contributed by atoms with Crippen LogP contribution in [0.15, 0.2) is 4.52 Å². The lowest BCUT2D eigenvalue weighted by Crippen LogP contribution is -2.21. The fraction of sp³-hybridized carbons (Fsp3) is 0.800. The van der Waals surface area contributed by atoms with E-state index in [1.807, 2.05) is 0 Å². The van der Waals surface area contributed by atoms with Gasteiger partial charge in [0, 0.05) is 19.6 Å². The maximum absolute atomic E-state index is 5.26. The van der Waals surface area contributed by atoms with E-state index < -0.39 is 0 Å². The second-order valence-electron chi connectivity index (χ2n) is 3.93. The van der Waals surface area contributed by atoms with Crippen molar-refractivity contribution in [3.63, 3.8) is 0 Å². The predicted molar refractivity (Wildman–Crippen MR) is 54.7 cm³/mol. The van der Waals surface area contributed by atoms with Gasteiger partial charge in [-0.25, -0.2) is 0 Å². The van der Waals surface area contributed by atoms with Crippen LogP contribution in [0.25, 0.3) is 0 Å². The van der Waals surface area contributed by atoms with Crippen LogP contribution in [0, 0.1) is 0 Å². The van der Waals surface area contributed by atoms with E-state index in [0.717, 1.165) is 24.7 Å². The van der Waals surface area contributed by atoms with Crippen LogP contribution in [0.5, 0.6) is 0 Å². The molecule has 1 aliphatic rings. The van der Waals surface area contributed by atoms with Crippen LogP contribution < -0.4 is 5.32 Å². The lowest BCUT2D eigenvalue weighted by Gasteiger charge is -2.08. The van der Waals surface area contributed by atoms with E-state index in [1.54, 1.807) is 7.11 Å². The summed E-state index contributed by atoms with van der Waals surface area (Å²) >= 11 is 0. The minimum Gasteiger partial charge on any atom is -0.384 e. The maximum Gasteiger partial charge on any atom is 0.231 e. The highest BCUT2D eigenvalue weighted by Gasteiger charge is 2.29. The summed E-state index contributed by atoms with van der Waals surface area (Å²) in [7, 11) is 1.67. The van der Waals surface area contributed by atoms with Crippen LogP contribution in [0.4, 0.5) is 0 Å². The van der Waals surface area contributed by atoms with Crippen molar-refractivity contribution < 1.29 is 9.26 Å². The molecule has 0 aliphatic carbocycles. The summed E-state index contributed by atoms with van der Waals surface area (Å²) in [6.07, 6.45) is 1.79. The highest BCUT2D eigenvalue weighted by atomic mass is 16.5. The van der Waals surface area contributed by atoms with Crippen molar-refractivity contribution >= 4 is 0 Å². The summed E-state index contributed by atoms with van der Waals surface area (Å²) in [6, 6.07) is 0.431. The molecule has 0 aromatic carbocycles. The highest BCUT2D eigenvalue weighted by molar-refractivity contribution is 5.02. The number of nitrogens with one attached hydrogen (secondary N) is 1. The van der Waals surface area contributed by atoms with Crippen LogP contribution in [0.2, 0.25) is 0 Å². The lowest BCUT2D eigenvalue weighted by molar-refractivity contribution is 0.199. The number of methoxy groups -OCH3 is 1. The van der Waals surface area contributed by atoms with Crippen molar-refractivity contribution in [3.8, 4) is 0 Å². The van der Waals surface area contributed by atoms with E-state index in [4.69, 9.17) is 9.26 Å². The van der Waals surface area contributed by atoms with Crippen molar-refractivity contribution in [3.05, 3.63) is 11.7 Å². The summed E-state index contributed by atoms with van der Waals surface area (Å²) in [4.78, 5) is 4.38. The molecule has 1 aliphatic heterocycles. The van der Waals surface area contributed by atoms with Gasteiger partial charge in [-0.15, -0.1) is 0 Å². The number of nitrogens with zero attached hydrogens (tertiary/aromatic N) is 2. The van der Waals surface area contributed by atoms with E-state index in [2.05, 4.69) is 22.4 Å². The molecule has 1 aromatic rings. The smallest absolute Gasteiger partial charge is 0.231 e. The topological polar surface area (TPSA) is 60.2 Å². The Labute approximate surface area is 89.2 Å². The van der Waals surface area contributed by atoms with Gasteiger partial charge in [0.05, 0.1) is 12.5 Å². The van der Waals surface area contributed by atoms with E-state index in [1.165, 1.54) is 0 Å². The summed E-state index contributed by atoms with van der Waals surface area (Å²) in [6.45, 7) is 3.82. The first kappa shape index (κ1) is 10.6. The van der Waals surface area contributed by atoms with Gasteiger partial charge in [0.25, 0.3) is 0 Å². The van der Waals surface area contributed by atoms with Crippen LogP contribution >= 0.6 is 0 Å². The first-order chi connectivity index (χ1) is 7.31. The number of hydrogen-bond acceptors (Lipinski definition) is 5. The zero-order valence-corrected chi connectivity index (χ0v) is 9.19. The van der Waals surface area contributed by atoms with E-state index in [0.29, 0.717) is 25.0 Å². The minimum absolute atomic E-state index is 0.369. The maximum atomic E-state index is 5.26. The number of ether oxygens (including phenoxy) is 1. The van der Waals surface area contributed by atoms with Crippen LogP contribution in [0.3, 0.4) is 0 Å². The molecule has 15 heavy (non-hydrogen) atoms. The largest absolute Gasteiger partial charge is 0.384 e. The Kier molecular flexibility index (Phi) is 3.33. The van der Waals surface area contributed by atoms with Gasteiger partial charge in [0.2, 0.25) is 5.89 Å². The van der Waals surface area contributed by atoms with Crippen molar-refractivity contribution in [1.82, 2.24) is 15.5 Å². The fourth-order valence-electron chi connectivity index (χ4n) is 1.91. The zero-order chi connectivity index (χ0) is 10.7. The molecule has 2 unspecified atom stereocenters. The Balaban J connectivity index is 1.99. The number of hydrogen-bond donors (Lipinski definition) is 1. The molecule has 1 aromatic heterocycles. The first-order valence-electron chi connectivity index (χ1n) is 5.36. The van der Waals surface area contributed by atoms with Crippen LogP contribution in [-0.4, -0.2) is 36.4 Å². The average molecular weight is 211 g/mol. The van der Waals surface area contributed by atoms with Crippen LogP contribution in [-0.2, 0) is 11.2 Å². The molecule has 0 saturated carbocycles. The number of aromatic nitrogens is 2. The van der Waals surface area contributed by atoms with Crippen molar-refractivity contribution in [2.45, 2.75) is 31.7 Å². The molecule has 2 atom stereocenters. The van der Waals surface area contributed by atoms with Crippen molar-refractivity contribution in [2.24, 2.45) is 0 Å². The molecule has 0 radical (unpaired) electrons. The third kappa shape index (κ3) is 2.35. The molecule has 84 valence electrons. The molecule has 1 fully saturated rings. The molecule has 1 saturated heterocycles. The second kappa shape index (κ2) is 4.72. The molecule has 2 heterocycles. The molecule has 0 amide bonds. The quantitative estimate of drug-likeness (QED) is 0.795. The molecular weight excluding hydrogens is 194 g/mol. The molecular formula is C10H17N3O2. The Hall–Kier alpha value is -0.940. The first-order valence-corrected chi connectivity index (χ1v) is 5.36.